The predicted octanol–water partition coefficient (Wildman–Crippen LogP) is 1.20. The van der Waals surface area contributed by atoms with Gasteiger partial charge in [0, 0.05) is 50.0 Å². The summed E-state index contributed by atoms with van der Waals surface area (Å²) in [6.07, 6.45) is 2.77. The minimum atomic E-state index is -1.38. The van der Waals surface area contributed by atoms with E-state index in [0.29, 0.717) is 37.5 Å². The van der Waals surface area contributed by atoms with Crippen molar-refractivity contribution in [3.63, 3.8) is 0 Å². The number of anilines is 1. The molecule has 156 valence electrons. The first-order valence-corrected chi connectivity index (χ1v) is 10.4. The number of rotatable bonds is 4. The second-order valence-corrected chi connectivity index (χ2v) is 8.11. The second kappa shape index (κ2) is 7.42. The van der Waals surface area contributed by atoms with Crippen LogP contribution in [0, 0.1) is 5.82 Å². The first-order valence-electron chi connectivity index (χ1n) is 9.49. The van der Waals surface area contributed by atoms with E-state index in [-0.39, 0.29) is 16.9 Å². The summed E-state index contributed by atoms with van der Waals surface area (Å²) in [4.78, 5) is 36.9. The second-order valence-electron chi connectivity index (χ2n) is 7.23. The maximum absolute atomic E-state index is 14.9. The predicted molar refractivity (Wildman–Crippen MR) is 108 cm³/mol. The van der Waals surface area contributed by atoms with Gasteiger partial charge in [-0.2, -0.15) is 0 Å². The number of nitrogens with zero attached hydrogens (tertiary/aromatic N) is 5. The Balaban J connectivity index is 1.56. The van der Waals surface area contributed by atoms with Crippen molar-refractivity contribution >= 4 is 34.2 Å². The lowest BCUT2D eigenvalue weighted by molar-refractivity contribution is 0.0103. The van der Waals surface area contributed by atoms with E-state index in [2.05, 4.69) is 14.9 Å². The number of aromatic carboxylic acids is 1. The van der Waals surface area contributed by atoms with Crippen molar-refractivity contribution in [2.45, 2.75) is 6.04 Å². The third-order valence-electron chi connectivity index (χ3n) is 5.49. The number of halogens is 1. The fraction of sp³-hybridized carbons (Fsp3) is 0.368. The summed E-state index contributed by atoms with van der Waals surface area (Å²) in [6, 6.07) is 1.39. The van der Waals surface area contributed by atoms with Gasteiger partial charge in [0.05, 0.1) is 18.6 Å². The number of ether oxygens (including phenoxy) is 1. The lowest BCUT2D eigenvalue weighted by Crippen LogP contribution is -2.62. The topological polar surface area (TPSA) is 101 Å². The molecule has 1 N–H and O–H groups in total. The minimum absolute atomic E-state index is 0.0865. The Hall–Kier alpha value is -2.89. The molecule has 0 saturated carbocycles. The van der Waals surface area contributed by atoms with Gasteiger partial charge >= 0.3 is 5.97 Å². The molecule has 0 bridgehead atoms. The molecule has 0 atom stereocenters. The van der Waals surface area contributed by atoms with Crippen molar-refractivity contribution in [1.29, 1.82) is 0 Å². The van der Waals surface area contributed by atoms with Gasteiger partial charge in [-0.15, -0.1) is 11.3 Å². The lowest BCUT2D eigenvalue weighted by atomic mass is 10.1. The van der Waals surface area contributed by atoms with Gasteiger partial charge in [0.25, 0.3) is 0 Å². The number of morpholine rings is 1. The van der Waals surface area contributed by atoms with E-state index in [1.54, 1.807) is 11.6 Å². The number of hydrogen-bond donors (Lipinski definition) is 1. The number of thiazole rings is 1. The van der Waals surface area contributed by atoms with Crippen LogP contribution in [0.25, 0.3) is 16.2 Å². The number of hydrogen-bond acceptors (Lipinski definition) is 8. The average molecular weight is 431 g/mol. The van der Waals surface area contributed by atoms with E-state index >= 15 is 0 Å². The summed E-state index contributed by atoms with van der Waals surface area (Å²) in [5, 5.41) is 11.5. The van der Waals surface area contributed by atoms with Crippen LogP contribution >= 0.6 is 11.3 Å². The van der Waals surface area contributed by atoms with Gasteiger partial charge in [0.1, 0.15) is 5.56 Å². The summed E-state index contributed by atoms with van der Waals surface area (Å²) in [6.45, 7) is 4.37. The third-order valence-corrected chi connectivity index (χ3v) is 6.26. The maximum Gasteiger partial charge on any atom is 0.341 e. The molecular weight excluding hydrogens is 413 g/mol. The van der Waals surface area contributed by atoms with E-state index in [9.17, 15) is 19.1 Å². The number of aromatic nitrogens is 3. The fourth-order valence-electron chi connectivity index (χ4n) is 3.87. The molecule has 0 radical (unpaired) electrons. The van der Waals surface area contributed by atoms with Crippen molar-refractivity contribution in [3.05, 3.63) is 45.4 Å². The highest BCUT2D eigenvalue weighted by Gasteiger charge is 2.35. The Morgan fingerprint density at radius 2 is 2.07 bits per heavy atom. The van der Waals surface area contributed by atoms with E-state index in [4.69, 9.17) is 4.74 Å². The summed E-state index contributed by atoms with van der Waals surface area (Å²) in [5.74, 6) is -1.87. The van der Waals surface area contributed by atoms with Crippen molar-refractivity contribution in [3.8, 4) is 5.13 Å². The van der Waals surface area contributed by atoms with E-state index in [0.717, 1.165) is 19.2 Å². The number of fused-ring (bicyclic) bond motifs is 1. The summed E-state index contributed by atoms with van der Waals surface area (Å²) >= 11 is 1.27. The van der Waals surface area contributed by atoms with E-state index in [1.807, 2.05) is 4.90 Å². The first kappa shape index (κ1) is 19.1. The Bertz CT molecular complexity index is 1170. The summed E-state index contributed by atoms with van der Waals surface area (Å²) in [5.41, 5.74) is -1.03. The Morgan fingerprint density at radius 1 is 1.30 bits per heavy atom. The van der Waals surface area contributed by atoms with E-state index < -0.39 is 22.8 Å². The molecule has 9 nitrogen and oxygen atoms in total. The molecule has 5 rings (SSSR count). The van der Waals surface area contributed by atoms with Crippen molar-refractivity contribution in [1.82, 2.24) is 19.4 Å². The van der Waals surface area contributed by atoms with Gasteiger partial charge in [0.2, 0.25) is 5.43 Å². The molecule has 0 amide bonds. The normalized spacial score (nSPS) is 18.0. The molecule has 2 fully saturated rings. The SMILES string of the molecule is O=C(O)c1cn(-c2nccs2)c2nc(N3CC(N4CCOCC4)C3)c(F)cc2c1=O. The molecular formula is C19H18FN5O4S. The zero-order chi connectivity index (χ0) is 20.8. The fourth-order valence-corrected chi connectivity index (χ4v) is 4.49. The van der Waals surface area contributed by atoms with Crippen LogP contribution in [0.15, 0.2) is 28.6 Å². The van der Waals surface area contributed by atoms with Gasteiger partial charge in [-0.05, 0) is 6.07 Å². The van der Waals surface area contributed by atoms with Crippen LogP contribution < -0.4 is 10.3 Å². The van der Waals surface area contributed by atoms with Gasteiger partial charge in [-0.1, -0.05) is 0 Å². The van der Waals surface area contributed by atoms with Crippen LogP contribution in [-0.4, -0.2) is 75.9 Å². The van der Waals surface area contributed by atoms with Crippen LogP contribution in [0.1, 0.15) is 10.4 Å². The Labute approximate surface area is 174 Å². The number of pyridine rings is 2. The van der Waals surface area contributed by atoms with Gasteiger partial charge in [-0.3, -0.25) is 14.3 Å². The molecule has 0 aliphatic carbocycles. The molecule has 2 saturated heterocycles. The van der Waals surface area contributed by atoms with Gasteiger partial charge < -0.3 is 14.7 Å². The van der Waals surface area contributed by atoms with Crippen LogP contribution in [-0.2, 0) is 4.74 Å². The molecule has 3 aromatic rings. The lowest BCUT2D eigenvalue weighted by Gasteiger charge is -2.47. The van der Waals surface area contributed by atoms with Crippen LogP contribution in [0.4, 0.5) is 10.2 Å². The molecule has 0 unspecified atom stereocenters. The summed E-state index contributed by atoms with van der Waals surface area (Å²) in [7, 11) is 0. The Kier molecular flexibility index (Phi) is 4.72. The molecule has 0 spiro atoms. The Morgan fingerprint density at radius 3 is 2.73 bits per heavy atom. The number of carboxylic acids is 1. The largest absolute Gasteiger partial charge is 0.477 e. The molecule has 0 aromatic carbocycles. The molecule has 11 heteroatoms. The van der Waals surface area contributed by atoms with Crippen LogP contribution in [0.5, 0.6) is 0 Å². The summed E-state index contributed by atoms with van der Waals surface area (Å²) < 4.78 is 21.7. The molecule has 30 heavy (non-hydrogen) atoms. The van der Waals surface area contributed by atoms with Crippen molar-refractivity contribution in [2.24, 2.45) is 0 Å². The highest BCUT2D eigenvalue weighted by molar-refractivity contribution is 7.12. The monoisotopic (exact) mass is 431 g/mol. The van der Waals surface area contributed by atoms with Gasteiger partial charge in [0.15, 0.2) is 22.4 Å². The van der Waals surface area contributed by atoms with Crippen LogP contribution in [0.3, 0.4) is 0 Å². The minimum Gasteiger partial charge on any atom is -0.477 e. The van der Waals surface area contributed by atoms with Crippen LogP contribution in [0.2, 0.25) is 0 Å². The quantitative estimate of drug-likeness (QED) is 0.658. The average Bonchev–Trinajstić information content (AvgIpc) is 3.23. The van der Waals surface area contributed by atoms with Gasteiger partial charge in [-0.25, -0.2) is 19.2 Å². The molecule has 5 heterocycles. The standard InChI is InChI=1S/C19H18FN5O4S/c20-14-7-12-15(26)13(18(27)28)10-25(19-21-1-6-30-19)16(12)22-17(14)24-8-11(9-24)23-2-4-29-5-3-23/h1,6-7,10-11H,2-5,8-9H2,(H,27,28). The molecule has 2 aliphatic heterocycles. The smallest absolute Gasteiger partial charge is 0.341 e. The third kappa shape index (κ3) is 3.15. The number of carboxylic acid groups (broad SMARTS) is 1. The zero-order valence-corrected chi connectivity index (χ0v) is 16.6. The van der Waals surface area contributed by atoms with Crippen molar-refractivity contribution < 1.29 is 19.0 Å². The first-order chi connectivity index (χ1) is 14.5. The highest BCUT2D eigenvalue weighted by Crippen LogP contribution is 2.28. The maximum atomic E-state index is 14.9. The number of carbonyl (C=O) groups is 1. The molecule has 3 aromatic heterocycles. The molecule has 2 aliphatic rings. The zero-order valence-electron chi connectivity index (χ0n) is 15.8. The van der Waals surface area contributed by atoms with Crippen molar-refractivity contribution in [2.75, 3.05) is 44.3 Å². The highest BCUT2D eigenvalue weighted by atomic mass is 32.1. The van der Waals surface area contributed by atoms with E-state index in [1.165, 1.54) is 22.1 Å².